The van der Waals surface area contributed by atoms with E-state index < -0.39 is 30.1 Å². The van der Waals surface area contributed by atoms with Gasteiger partial charge in [0.25, 0.3) is 0 Å². The fourth-order valence-corrected chi connectivity index (χ4v) is 3.12. The molecular formula is C23H29N3O5. The first-order valence-electron chi connectivity index (χ1n) is 10.1. The van der Waals surface area contributed by atoms with Gasteiger partial charge in [0.1, 0.15) is 12.1 Å². The van der Waals surface area contributed by atoms with Crippen LogP contribution in [0.3, 0.4) is 0 Å². The zero-order valence-corrected chi connectivity index (χ0v) is 17.7. The average Bonchev–Trinajstić information content (AvgIpc) is 2.73. The standard InChI is InChI=1S/C23H29N3O5/c1-15(2)13-26(14-20(27)21(24)28)23(31)25-19(22(29)30)12-16-8-10-18(11-9-16)17-6-4-3-5-7-17/h3-11,15,19-20,27H,12-14H2,1-2H3,(H2,24,28)(H,25,31)(H,29,30)/t19-,20-/m0/s1. The van der Waals surface area contributed by atoms with Crippen molar-refractivity contribution in [2.75, 3.05) is 13.1 Å². The highest BCUT2D eigenvalue weighted by atomic mass is 16.4. The number of aliphatic carboxylic acids is 1. The van der Waals surface area contributed by atoms with Crippen LogP contribution in [0.25, 0.3) is 11.1 Å². The summed E-state index contributed by atoms with van der Waals surface area (Å²) < 4.78 is 0. The first-order valence-corrected chi connectivity index (χ1v) is 10.1. The monoisotopic (exact) mass is 427 g/mol. The molecule has 31 heavy (non-hydrogen) atoms. The van der Waals surface area contributed by atoms with Crippen LogP contribution in [0.1, 0.15) is 19.4 Å². The molecule has 2 aromatic carbocycles. The van der Waals surface area contributed by atoms with Gasteiger partial charge < -0.3 is 26.2 Å². The van der Waals surface area contributed by atoms with Gasteiger partial charge in [-0.1, -0.05) is 68.4 Å². The number of hydrogen-bond acceptors (Lipinski definition) is 4. The van der Waals surface area contributed by atoms with Crippen LogP contribution in [0.15, 0.2) is 54.6 Å². The third-order valence-electron chi connectivity index (χ3n) is 4.69. The molecule has 0 saturated heterocycles. The third kappa shape index (κ3) is 7.42. The van der Waals surface area contributed by atoms with Gasteiger partial charge in [0.15, 0.2) is 0 Å². The summed E-state index contributed by atoms with van der Waals surface area (Å²) in [4.78, 5) is 36.8. The van der Waals surface area contributed by atoms with Gasteiger partial charge in [-0.3, -0.25) is 4.79 Å². The van der Waals surface area contributed by atoms with E-state index >= 15 is 0 Å². The Kier molecular flexibility index (Phi) is 8.57. The minimum absolute atomic E-state index is 0.0413. The van der Waals surface area contributed by atoms with Crippen LogP contribution in [0.2, 0.25) is 0 Å². The Morgan fingerprint density at radius 3 is 2.06 bits per heavy atom. The molecule has 8 nitrogen and oxygen atoms in total. The molecule has 0 aliphatic rings. The molecule has 166 valence electrons. The highest BCUT2D eigenvalue weighted by molar-refractivity contribution is 5.84. The molecule has 0 heterocycles. The van der Waals surface area contributed by atoms with E-state index in [9.17, 15) is 24.6 Å². The molecule has 0 aliphatic heterocycles. The quantitative estimate of drug-likeness (QED) is 0.459. The molecule has 3 amide bonds. The van der Waals surface area contributed by atoms with Gasteiger partial charge in [-0.2, -0.15) is 0 Å². The number of nitrogens with two attached hydrogens (primary N) is 1. The normalized spacial score (nSPS) is 12.8. The number of aliphatic hydroxyl groups is 1. The maximum atomic E-state index is 12.7. The van der Waals surface area contributed by atoms with Crippen molar-refractivity contribution < 1.29 is 24.6 Å². The Morgan fingerprint density at radius 1 is 0.968 bits per heavy atom. The molecule has 0 bridgehead atoms. The molecule has 0 fully saturated rings. The molecule has 0 aliphatic carbocycles. The lowest BCUT2D eigenvalue weighted by molar-refractivity contribution is -0.139. The zero-order chi connectivity index (χ0) is 23.0. The largest absolute Gasteiger partial charge is 0.480 e. The predicted octanol–water partition coefficient (Wildman–Crippen LogP) is 1.86. The van der Waals surface area contributed by atoms with Crippen LogP contribution in [0.4, 0.5) is 4.79 Å². The second kappa shape index (κ2) is 11.1. The van der Waals surface area contributed by atoms with Gasteiger partial charge in [0.2, 0.25) is 5.91 Å². The van der Waals surface area contributed by atoms with Crippen molar-refractivity contribution in [2.45, 2.75) is 32.4 Å². The number of primary amides is 1. The number of hydrogen-bond donors (Lipinski definition) is 4. The molecule has 0 saturated carbocycles. The molecule has 2 aromatic rings. The molecule has 0 aromatic heterocycles. The lowest BCUT2D eigenvalue weighted by Gasteiger charge is -2.28. The van der Waals surface area contributed by atoms with Crippen LogP contribution in [-0.2, 0) is 16.0 Å². The van der Waals surface area contributed by atoms with Crippen LogP contribution >= 0.6 is 0 Å². The van der Waals surface area contributed by atoms with Gasteiger partial charge in [-0.05, 0) is 22.6 Å². The van der Waals surface area contributed by atoms with E-state index in [1.807, 2.05) is 68.4 Å². The van der Waals surface area contributed by atoms with Crippen molar-refractivity contribution >= 4 is 17.9 Å². The van der Waals surface area contributed by atoms with E-state index in [1.165, 1.54) is 4.90 Å². The highest BCUT2D eigenvalue weighted by Gasteiger charge is 2.26. The summed E-state index contributed by atoms with van der Waals surface area (Å²) in [5.41, 5.74) is 7.88. The minimum atomic E-state index is -1.53. The number of carboxylic acid groups (broad SMARTS) is 1. The number of rotatable bonds is 10. The number of benzene rings is 2. The summed E-state index contributed by atoms with van der Waals surface area (Å²) in [6, 6.07) is 15.4. The summed E-state index contributed by atoms with van der Waals surface area (Å²) in [5.74, 6) is -2.09. The Labute approximate surface area is 181 Å². The second-order valence-corrected chi connectivity index (χ2v) is 7.82. The number of nitrogens with one attached hydrogen (secondary N) is 1. The number of nitrogens with zero attached hydrogens (tertiary/aromatic N) is 1. The first kappa shape index (κ1) is 23.9. The van der Waals surface area contributed by atoms with Gasteiger partial charge in [0, 0.05) is 13.0 Å². The lowest BCUT2D eigenvalue weighted by Crippen LogP contribution is -2.52. The van der Waals surface area contributed by atoms with E-state index in [0.29, 0.717) is 0 Å². The number of carbonyl (C=O) groups is 3. The van der Waals surface area contributed by atoms with Crippen molar-refractivity contribution in [3.05, 3.63) is 60.2 Å². The van der Waals surface area contributed by atoms with Crippen molar-refractivity contribution in [1.82, 2.24) is 10.2 Å². The van der Waals surface area contributed by atoms with Crippen LogP contribution < -0.4 is 11.1 Å². The summed E-state index contributed by atoms with van der Waals surface area (Å²) >= 11 is 0. The Hall–Kier alpha value is -3.39. The minimum Gasteiger partial charge on any atom is -0.480 e. The highest BCUT2D eigenvalue weighted by Crippen LogP contribution is 2.19. The van der Waals surface area contributed by atoms with E-state index in [4.69, 9.17) is 5.73 Å². The van der Waals surface area contributed by atoms with E-state index in [2.05, 4.69) is 5.32 Å². The summed E-state index contributed by atoms with van der Waals surface area (Å²) in [6.07, 6.45) is -1.44. The van der Waals surface area contributed by atoms with E-state index in [0.717, 1.165) is 16.7 Å². The fraction of sp³-hybridized carbons (Fsp3) is 0.348. The predicted molar refractivity (Wildman–Crippen MR) is 117 cm³/mol. The van der Waals surface area contributed by atoms with E-state index in [1.54, 1.807) is 0 Å². The van der Waals surface area contributed by atoms with Crippen molar-refractivity contribution in [3.63, 3.8) is 0 Å². The van der Waals surface area contributed by atoms with Crippen LogP contribution in [0, 0.1) is 5.92 Å². The van der Waals surface area contributed by atoms with E-state index in [-0.39, 0.29) is 25.4 Å². The number of urea groups is 1. The smallest absolute Gasteiger partial charge is 0.326 e. The number of carbonyl (C=O) groups excluding carboxylic acids is 2. The van der Waals surface area contributed by atoms with Crippen molar-refractivity contribution in [1.29, 1.82) is 0 Å². The zero-order valence-electron chi connectivity index (χ0n) is 17.7. The molecular weight excluding hydrogens is 398 g/mol. The van der Waals surface area contributed by atoms with Crippen LogP contribution in [0.5, 0.6) is 0 Å². The topological polar surface area (TPSA) is 133 Å². The number of carboxylic acids is 1. The Balaban J connectivity index is 2.09. The summed E-state index contributed by atoms with van der Waals surface area (Å²) in [6.45, 7) is 3.64. The molecule has 5 N–H and O–H groups in total. The summed E-state index contributed by atoms with van der Waals surface area (Å²) in [5, 5.41) is 21.8. The molecule has 8 heteroatoms. The maximum Gasteiger partial charge on any atom is 0.326 e. The van der Waals surface area contributed by atoms with Crippen molar-refractivity contribution in [2.24, 2.45) is 11.7 Å². The third-order valence-corrected chi connectivity index (χ3v) is 4.69. The Bertz CT molecular complexity index is 884. The van der Waals surface area contributed by atoms with Gasteiger partial charge in [-0.15, -0.1) is 0 Å². The maximum absolute atomic E-state index is 12.7. The Morgan fingerprint density at radius 2 is 1.55 bits per heavy atom. The summed E-state index contributed by atoms with van der Waals surface area (Å²) in [7, 11) is 0. The van der Waals surface area contributed by atoms with Gasteiger partial charge in [-0.25, -0.2) is 9.59 Å². The lowest BCUT2D eigenvalue weighted by atomic mass is 10.0. The molecule has 2 atom stereocenters. The number of aliphatic hydroxyl groups excluding tert-OH is 1. The first-order chi connectivity index (χ1) is 14.7. The van der Waals surface area contributed by atoms with Crippen LogP contribution in [-0.4, -0.2) is 58.3 Å². The van der Waals surface area contributed by atoms with Gasteiger partial charge in [0.05, 0.1) is 6.54 Å². The molecule has 2 rings (SSSR count). The molecule has 0 radical (unpaired) electrons. The SMILES string of the molecule is CC(C)CN(C[C@H](O)C(N)=O)C(=O)N[C@@H](Cc1ccc(-c2ccccc2)cc1)C(=O)O. The second-order valence-electron chi connectivity index (χ2n) is 7.82. The number of amides is 3. The fourth-order valence-electron chi connectivity index (χ4n) is 3.12. The van der Waals surface area contributed by atoms with Gasteiger partial charge >= 0.3 is 12.0 Å². The molecule has 0 unspecified atom stereocenters. The molecule has 0 spiro atoms. The van der Waals surface area contributed by atoms with Crippen molar-refractivity contribution in [3.8, 4) is 11.1 Å². The average molecular weight is 428 g/mol.